The number of aryl methyl sites for hydroxylation is 2. The number of halogens is 1. The molecule has 13 heavy (non-hydrogen) atoms. The van der Waals surface area contributed by atoms with E-state index < -0.39 is 11.1 Å². The molecule has 0 fully saturated rings. The zero-order chi connectivity index (χ0) is 9.30. The average Bonchev–Trinajstić information content (AvgIpc) is 1.82. The molecule has 0 aromatic heterocycles. The fourth-order valence-electron chi connectivity index (χ4n) is 1.17. The van der Waals surface area contributed by atoms with Crippen LogP contribution in [0.1, 0.15) is 11.1 Å². The molecule has 0 aliphatic carbocycles. The van der Waals surface area contributed by atoms with Crippen LogP contribution in [0, 0.1) is 13.8 Å². The van der Waals surface area contributed by atoms with Crippen molar-refractivity contribution in [3.05, 3.63) is 27.7 Å². The van der Waals surface area contributed by atoms with Crippen molar-refractivity contribution in [3.8, 4) is 0 Å². The Morgan fingerprint density at radius 2 is 1.69 bits per heavy atom. The summed E-state index contributed by atoms with van der Waals surface area (Å²) in [6.07, 6.45) is 0. The monoisotopic (exact) mass is 272 g/mol. The molecule has 0 radical (unpaired) electrons. The van der Waals surface area contributed by atoms with E-state index in [1.54, 1.807) is 0 Å². The zero-order valence-corrected chi connectivity index (χ0v) is 9.20. The Hall–Kier alpha value is 0.810. The summed E-state index contributed by atoms with van der Waals surface area (Å²) < 4.78 is 20.7. The summed E-state index contributed by atoms with van der Waals surface area (Å²) in [7, 11) is 0. The van der Waals surface area contributed by atoms with Crippen molar-refractivity contribution in [1.82, 2.24) is 0 Å². The van der Waals surface area contributed by atoms with Crippen molar-refractivity contribution in [2.75, 3.05) is 0 Å². The minimum absolute atomic E-state index is 0. The summed E-state index contributed by atoms with van der Waals surface area (Å²) in [5, 5.41) is 0. The maximum atomic E-state index is 10.8. The molecular formula is C8H10BrNaO2S. The van der Waals surface area contributed by atoms with Crippen LogP contribution in [-0.2, 0) is 11.1 Å². The molecule has 0 bridgehead atoms. The topological polar surface area (TPSA) is 37.3 Å². The molecule has 0 amide bonds. The molecule has 2 nitrogen and oxygen atoms in total. The van der Waals surface area contributed by atoms with Crippen molar-refractivity contribution in [2.45, 2.75) is 18.7 Å². The first-order valence-electron chi connectivity index (χ1n) is 3.40. The predicted octanol–water partition coefficient (Wildman–Crippen LogP) is 2.00. The van der Waals surface area contributed by atoms with E-state index in [4.69, 9.17) is 4.55 Å². The van der Waals surface area contributed by atoms with E-state index in [0.29, 0.717) is 4.90 Å². The zero-order valence-electron chi connectivity index (χ0n) is 6.80. The van der Waals surface area contributed by atoms with Crippen molar-refractivity contribution in [3.63, 3.8) is 0 Å². The maximum absolute atomic E-state index is 10.8. The van der Waals surface area contributed by atoms with E-state index in [0.717, 1.165) is 15.6 Å². The standard InChI is InChI=1S/C8H9BrO2S.Na.H/c1-5-3-7(9)4-6(2)8(5)12(10)11;;/h3-4H,1-2H3,(H,10,11);;. The fourth-order valence-corrected chi connectivity index (χ4v) is 2.53. The Morgan fingerprint density at radius 1 is 1.31 bits per heavy atom. The van der Waals surface area contributed by atoms with Gasteiger partial charge >= 0.3 is 29.6 Å². The normalized spacial score (nSPS) is 12.0. The third-order valence-electron chi connectivity index (χ3n) is 1.60. The van der Waals surface area contributed by atoms with E-state index in [1.807, 2.05) is 26.0 Å². The molecule has 0 spiro atoms. The Labute approximate surface area is 111 Å². The average molecular weight is 273 g/mol. The van der Waals surface area contributed by atoms with Gasteiger partial charge in [-0.3, -0.25) is 0 Å². The quantitative estimate of drug-likeness (QED) is 0.627. The number of hydrogen-bond donors (Lipinski definition) is 1. The molecule has 1 aromatic rings. The van der Waals surface area contributed by atoms with Gasteiger partial charge in [-0.15, -0.1) is 0 Å². The molecule has 1 atom stereocenters. The molecule has 0 aliphatic rings. The summed E-state index contributed by atoms with van der Waals surface area (Å²) in [6, 6.07) is 3.66. The molecule has 68 valence electrons. The van der Waals surface area contributed by atoms with Gasteiger partial charge in [-0.25, -0.2) is 4.21 Å². The van der Waals surface area contributed by atoms with Crippen LogP contribution in [0.2, 0.25) is 0 Å². The Bertz CT molecular complexity index is 318. The Balaban J connectivity index is 0.00000144. The molecule has 1 unspecified atom stereocenters. The number of rotatable bonds is 1. The van der Waals surface area contributed by atoms with Crippen LogP contribution in [0.25, 0.3) is 0 Å². The summed E-state index contributed by atoms with van der Waals surface area (Å²) in [6.45, 7) is 3.64. The SMILES string of the molecule is Cc1cc(Br)cc(C)c1S(=O)O.[NaH]. The van der Waals surface area contributed by atoms with E-state index in [2.05, 4.69) is 15.9 Å². The Morgan fingerprint density at radius 3 is 2.00 bits per heavy atom. The van der Waals surface area contributed by atoms with Gasteiger partial charge < -0.3 is 4.55 Å². The van der Waals surface area contributed by atoms with E-state index >= 15 is 0 Å². The summed E-state index contributed by atoms with van der Waals surface area (Å²) in [5.74, 6) is 0. The first-order chi connectivity index (χ1) is 5.52. The first-order valence-corrected chi connectivity index (χ1v) is 5.30. The molecule has 1 aromatic carbocycles. The second-order valence-electron chi connectivity index (χ2n) is 2.62. The third-order valence-corrected chi connectivity index (χ3v) is 3.05. The van der Waals surface area contributed by atoms with Gasteiger partial charge in [-0.1, -0.05) is 15.9 Å². The van der Waals surface area contributed by atoms with Crippen molar-refractivity contribution < 1.29 is 8.76 Å². The first kappa shape index (κ1) is 13.8. The molecule has 1 rings (SSSR count). The molecular weight excluding hydrogens is 263 g/mol. The molecule has 1 N–H and O–H groups in total. The van der Waals surface area contributed by atoms with E-state index in [-0.39, 0.29) is 29.6 Å². The van der Waals surface area contributed by atoms with Crippen LogP contribution in [0.15, 0.2) is 21.5 Å². The van der Waals surface area contributed by atoms with E-state index in [9.17, 15) is 4.21 Å². The van der Waals surface area contributed by atoms with Crippen LogP contribution >= 0.6 is 15.9 Å². The second kappa shape index (κ2) is 5.63. The minimum atomic E-state index is -1.88. The molecule has 0 saturated carbocycles. The van der Waals surface area contributed by atoms with Crippen molar-refractivity contribution in [2.24, 2.45) is 0 Å². The van der Waals surface area contributed by atoms with Gasteiger partial charge in [0.25, 0.3) is 0 Å². The summed E-state index contributed by atoms with van der Waals surface area (Å²) in [5.41, 5.74) is 1.67. The van der Waals surface area contributed by atoms with Gasteiger partial charge in [0, 0.05) is 4.47 Å². The van der Waals surface area contributed by atoms with Gasteiger partial charge in [0.1, 0.15) is 0 Å². The van der Waals surface area contributed by atoms with Crippen LogP contribution in [0.5, 0.6) is 0 Å². The number of hydrogen-bond acceptors (Lipinski definition) is 1. The van der Waals surface area contributed by atoms with Gasteiger partial charge in [0.2, 0.25) is 0 Å². The van der Waals surface area contributed by atoms with Gasteiger partial charge in [-0.05, 0) is 37.1 Å². The molecule has 5 heteroatoms. The van der Waals surface area contributed by atoms with Gasteiger partial charge in [0.15, 0.2) is 11.1 Å². The third kappa shape index (κ3) is 3.46. The second-order valence-corrected chi connectivity index (χ2v) is 4.44. The van der Waals surface area contributed by atoms with Crippen molar-refractivity contribution >= 4 is 56.6 Å². The summed E-state index contributed by atoms with van der Waals surface area (Å²) >= 11 is 1.43. The number of benzene rings is 1. The van der Waals surface area contributed by atoms with Crippen LogP contribution in [-0.4, -0.2) is 38.3 Å². The molecule has 0 aliphatic heterocycles. The molecule has 0 heterocycles. The molecule has 0 saturated heterocycles. The van der Waals surface area contributed by atoms with Crippen molar-refractivity contribution in [1.29, 1.82) is 0 Å². The predicted molar refractivity (Wildman–Crippen MR) is 59.8 cm³/mol. The van der Waals surface area contributed by atoms with Crippen LogP contribution in [0.4, 0.5) is 0 Å². The fraction of sp³-hybridized carbons (Fsp3) is 0.250. The van der Waals surface area contributed by atoms with Gasteiger partial charge in [-0.2, -0.15) is 0 Å². The van der Waals surface area contributed by atoms with E-state index in [1.165, 1.54) is 0 Å². The summed E-state index contributed by atoms with van der Waals surface area (Å²) in [4.78, 5) is 0.512. The van der Waals surface area contributed by atoms with Gasteiger partial charge in [0.05, 0.1) is 4.90 Å². The Kier molecular flexibility index (Phi) is 5.98. The van der Waals surface area contributed by atoms with Crippen LogP contribution < -0.4 is 0 Å². The van der Waals surface area contributed by atoms with Crippen LogP contribution in [0.3, 0.4) is 0 Å².